The molecular weight excluding hydrogens is 579 g/mol. The average Bonchev–Trinajstić information content (AvgIpc) is 3.67. The van der Waals surface area contributed by atoms with Crippen molar-refractivity contribution in [2.75, 3.05) is 38.4 Å². The van der Waals surface area contributed by atoms with Gasteiger partial charge in [-0.05, 0) is 64.1 Å². The molecule has 1 amide bonds. The maximum absolute atomic E-state index is 14.9. The summed E-state index contributed by atoms with van der Waals surface area (Å²) in [5, 5.41) is 10.8. The molecule has 0 saturated carbocycles. The van der Waals surface area contributed by atoms with E-state index in [2.05, 4.69) is 30.7 Å². The number of hydrogen-bond acceptors (Lipinski definition) is 10. The molecule has 1 aliphatic heterocycles. The molecule has 4 heterocycles. The van der Waals surface area contributed by atoms with Crippen molar-refractivity contribution in [3.05, 3.63) is 72.2 Å². The van der Waals surface area contributed by atoms with Crippen LogP contribution < -0.4 is 24.8 Å². The third-order valence-corrected chi connectivity index (χ3v) is 7.85. The minimum Gasteiger partial charge on any atom is -0.494 e. The van der Waals surface area contributed by atoms with E-state index in [-0.39, 0.29) is 11.7 Å². The highest BCUT2D eigenvalue weighted by molar-refractivity contribution is 6.05. The van der Waals surface area contributed by atoms with E-state index in [1.165, 1.54) is 25.8 Å². The number of benzene rings is 2. The van der Waals surface area contributed by atoms with Gasteiger partial charge in [-0.3, -0.25) is 9.69 Å². The van der Waals surface area contributed by atoms with Crippen LogP contribution >= 0.6 is 0 Å². The highest BCUT2D eigenvalue weighted by Gasteiger charge is 2.22. The second-order valence-corrected chi connectivity index (χ2v) is 10.9. The van der Waals surface area contributed by atoms with Crippen LogP contribution in [0.25, 0.3) is 16.6 Å². The van der Waals surface area contributed by atoms with Crippen LogP contribution in [0.4, 0.5) is 21.6 Å². The molecule has 1 fully saturated rings. The van der Waals surface area contributed by atoms with E-state index in [1.54, 1.807) is 29.8 Å². The molecule has 0 unspecified atom stereocenters. The normalized spacial score (nSPS) is 15.4. The maximum atomic E-state index is 14.9. The van der Waals surface area contributed by atoms with Gasteiger partial charge in [-0.25, -0.2) is 23.9 Å². The zero-order valence-corrected chi connectivity index (χ0v) is 25.6. The Morgan fingerprint density at radius 3 is 2.53 bits per heavy atom. The fourth-order valence-electron chi connectivity index (χ4n) is 5.44. The molecule has 45 heavy (non-hydrogen) atoms. The fraction of sp³-hybridized carbons (Fsp3) is 0.281. The zero-order valence-electron chi connectivity index (χ0n) is 25.6. The van der Waals surface area contributed by atoms with E-state index in [1.807, 2.05) is 44.0 Å². The summed E-state index contributed by atoms with van der Waals surface area (Å²) >= 11 is 0. The van der Waals surface area contributed by atoms with Crippen molar-refractivity contribution in [1.82, 2.24) is 29.5 Å². The van der Waals surface area contributed by atoms with Crippen LogP contribution in [0.5, 0.6) is 23.0 Å². The molecular formula is C32H33FN8O4. The standard InChI is InChI=1S/C32H33FN8O4/c1-18-9-25(29(44-5)15-27(18)45-21-10-19(2)41-30(12-21)35-17-37-41)38-31-22-13-26(28(43-4)14-24(22)34-16-36-31)39-32(42)23(33)11-20-7-6-8-40(20)3/h9-17,20H,6-8H2,1-5H3,(H,39,42)(H,34,36,38)/b23-11-/t20-/m1/s1. The Morgan fingerprint density at radius 1 is 0.978 bits per heavy atom. The van der Waals surface area contributed by atoms with Gasteiger partial charge in [-0.15, -0.1) is 0 Å². The molecule has 2 N–H and O–H groups in total. The number of ether oxygens (including phenoxy) is 3. The molecule has 0 bridgehead atoms. The fourth-order valence-corrected chi connectivity index (χ4v) is 5.44. The number of hydrogen-bond donors (Lipinski definition) is 2. The molecule has 232 valence electrons. The summed E-state index contributed by atoms with van der Waals surface area (Å²) in [7, 11) is 4.95. The molecule has 13 heteroatoms. The Balaban J connectivity index is 1.29. The van der Waals surface area contributed by atoms with Crippen LogP contribution in [-0.2, 0) is 4.79 Å². The van der Waals surface area contributed by atoms with Gasteiger partial charge in [0, 0.05) is 41.4 Å². The lowest BCUT2D eigenvalue weighted by Gasteiger charge is -2.17. The maximum Gasteiger partial charge on any atom is 0.284 e. The van der Waals surface area contributed by atoms with Gasteiger partial charge in [0.25, 0.3) is 5.91 Å². The number of carbonyl (C=O) groups is 1. The topological polar surface area (TPSA) is 128 Å². The van der Waals surface area contributed by atoms with Gasteiger partial charge in [0.15, 0.2) is 11.5 Å². The average molecular weight is 613 g/mol. The van der Waals surface area contributed by atoms with Crippen molar-refractivity contribution in [2.45, 2.75) is 32.7 Å². The predicted molar refractivity (Wildman–Crippen MR) is 168 cm³/mol. The summed E-state index contributed by atoms with van der Waals surface area (Å²) in [5.74, 6) is 0.797. The molecule has 12 nitrogen and oxygen atoms in total. The zero-order chi connectivity index (χ0) is 31.7. The summed E-state index contributed by atoms with van der Waals surface area (Å²) in [4.78, 5) is 27.9. The van der Waals surface area contributed by atoms with Gasteiger partial charge in [0.05, 0.1) is 31.1 Å². The van der Waals surface area contributed by atoms with E-state index < -0.39 is 11.7 Å². The number of likely N-dealkylation sites (N-methyl/N-ethyl adjacent to an activating group) is 1. The van der Waals surface area contributed by atoms with E-state index in [4.69, 9.17) is 14.2 Å². The predicted octanol–water partition coefficient (Wildman–Crippen LogP) is 5.73. The van der Waals surface area contributed by atoms with Crippen molar-refractivity contribution >= 4 is 39.6 Å². The third-order valence-electron chi connectivity index (χ3n) is 7.85. The lowest BCUT2D eigenvalue weighted by molar-refractivity contribution is -0.114. The number of aryl methyl sites for hydroxylation is 2. The third kappa shape index (κ3) is 6.07. The number of nitrogens with one attached hydrogen (secondary N) is 2. The quantitative estimate of drug-likeness (QED) is 0.199. The molecule has 1 aliphatic rings. The first kappa shape index (κ1) is 29.8. The van der Waals surface area contributed by atoms with E-state index in [0.29, 0.717) is 51.1 Å². The van der Waals surface area contributed by atoms with Crippen molar-refractivity contribution in [3.8, 4) is 23.0 Å². The first-order valence-corrected chi connectivity index (χ1v) is 14.4. The molecule has 2 aromatic carbocycles. The minimum absolute atomic E-state index is 0.115. The van der Waals surface area contributed by atoms with Gasteiger partial charge < -0.3 is 24.8 Å². The number of rotatable bonds is 9. The lowest BCUT2D eigenvalue weighted by atomic mass is 10.1. The van der Waals surface area contributed by atoms with Crippen LogP contribution in [0.1, 0.15) is 24.1 Å². The Hall–Kier alpha value is -5.30. The first-order valence-electron chi connectivity index (χ1n) is 14.4. The lowest BCUT2D eigenvalue weighted by Crippen LogP contribution is -2.24. The molecule has 1 atom stereocenters. The number of pyridine rings is 1. The second kappa shape index (κ2) is 12.4. The second-order valence-electron chi connectivity index (χ2n) is 10.9. The molecule has 0 radical (unpaired) electrons. The summed E-state index contributed by atoms with van der Waals surface area (Å²) in [5.41, 5.74) is 3.86. The van der Waals surface area contributed by atoms with Crippen molar-refractivity contribution < 1.29 is 23.4 Å². The number of likely N-dealkylation sites (tertiary alicyclic amines) is 1. The number of nitrogens with zero attached hydrogens (tertiary/aromatic N) is 6. The summed E-state index contributed by atoms with van der Waals surface area (Å²) in [6.45, 7) is 4.71. The SMILES string of the molecule is COc1cc2ncnc(Nc3cc(C)c(Oc4cc(C)n5ncnc5c4)cc3OC)c2cc1NC(=O)/C(F)=C/[C@H]1CCCN1C. The number of aromatic nitrogens is 5. The number of anilines is 3. The van der Waals surface area contributed by atoms with E-state index >= 15 is 0 Å². The number of methoxy groups -OCH3 is 2. The van der Waals surface area contributed by atoms with Crippen molar-refractivity contribution in [1.29, 1.82) is 0 Å². The van der Waals surface area contributed by atoms with Crippen LogP contribution in [0.15, 0.2) is 61.0 Å². The summed E-state index contributed by atoms with van der Waals surface area (Å²) in [6, 6.07) is 10.6. The van der Waals surface area contributed by atoms with Gasteiger partial charge in [0.2, 0.25) is 0 Å². The van der Waals surface area contributed by atoms with Gasteiger partial charge in [0.1, 0.15) is 41.5 Å². The van der Waals surface area contributed by atoms with E-state index in [0.717, 1.165) is 30.6 Å². The monoisotopic (exact) mass is 612 g/mol. The molecule has 1 saturated heterocycles. The minimum atomic E-state index is -0.856. The number of fused-ring (bicyclic) bond motifs is 2. The smallest absolute Gasteiger partial charge is 0.284 e. The molecule has 0 aliphatic carbocycles. The molecule has 3 aromatic heterocycles. The highest BCUT2D eigenvalue weighted by atomic mass is 19.1. The van der Waals surface area contributed by atoms with Gasteiger partial charge in [-0.1, -0.05) is 0 Å². The van der Waals surface area contributed by atoms with Gasteiger partial charge >= 0.3 is 0 Å². The summed E-state index contributed by atoms with van der Waals surface area (Å²) in [6.07, 6.45) is 6.04. The molecule has 0 spiro atoms. The summed E-state index contributed by atoms with van der Waals surface area (Å²) < 4.78 is 34.1. The molecule has 6 rings (SSSR count). The number of halogens is 1. The highest BCUT2D eigenvalue weighted by Crippen LogP contribution is 2.39. The molecule has 5 aromatic rings. The number of amides is 1. The van der Waals surface area contributed by atoms with Crippen LogP contribution in [0.3, 0.4) is 0 Å². The van der Waals surface area contributed by atoms with Crippen LogP contribution in [0.2, 0.25) is 0 Å². The van der Waals surface area contributed by atoms with Crippen molar-refractivity contribution in [3.63, 3.8) is 0 Å². The van der Waals surface area contributed by atoms with Gasteiger partial charge in [-0.2, -0.15) is 5.10 Å². The Morgan fingerprint density at radius 2 is 1.78 bits per heavy atom. The van der Waals surface area contributed by atoms with Crippen LogP contribution in [-0.4, -0.2) is 69.2 Å². The van der Waals surface area contributed by atoms with E-state index in [9.17, 15) is 9.18 Å². The Labute approximate surface area is 258 Å². The first-order chi connectivity index (χ1) is 21.7. The Kier molecular flexibility index (Phi) is 8.18. The Bertz CT molecular complexity index is 1940. The van der Waals surface area contributed by atoms with Crippen LogP contribution in [0, 0.1) is 13.8 Å². The largest absolute Gasteiger partial charge is 0.494 e. The number of carbonyl (C=O) groups excluding carboxylic acids is 1. The van der Waals surface area contributed by atoms with Crippen molar-refractivity contribution in [2.24, 2.45) is 0 Å².